The van der Waals surface area contributed by atoms with Gasteiger partial charge in [-0.05, 0) is 59.0 Å². The molecule has 0 spiro atoms. The van der Waals surface area contributed by atoms with Crippen LogP contribution in [0.3, 0.4) is 0 Å². The van der Waals surface area contributed by atoms with E-state index in [2.05, 4.69) is 10.6 Å². The van der Waals surface area contributed by atoms with Crippen LogP contribution >= 0.6 is 0 Å². The number of amides is 2. The molecule has 0 heterocycles. The molecule has 2 N–H and O–H groups in total. The van der Waals surface area contributed by atoms with Gasteiger partial charge in [-0.15, -0.1) is 0 Å². The number of carbonyl (C=O) groups is 2. The van der Waals surface area contributed by atoms with Crippen molar-refractivity contribution in [2.75, 3.05) is 5.32 Å². The van der Waals surface area contributed by atoms with Gasteiger partial charge in [0, 0.05) is 23.8 Å². The first-order valence-corrected chi connectivity index (χ1v) is 10.6. The zero-order valence-electron chi connectivity index (χ0n) is 19.3. The third kappa shape index (κ3) is 6.57. The van der Waals surface area contributed by atoms with Crippen LogP contribution in [0.15, 0.2) is 72.4 Å². The third-order valence-electron chi connectivity index (χ3n) is 5.10. The Kier molecular flexibility index (Phi) is 7.39. The van der Waals surface area contributed by atoms with E-state index in [4.69, 9.17) is 0 Å². The maximum absolute atomic E-state index is 14.1. The number of nitro benzene ring substituents is 1. The highest BCUT2D eigenvalue weighted by atomic mass is 19.1. The SMILES string of the molecule is CC(C)(C)c1ccc(C(=O)N/C(=C\c2ccc([N+](=O)[O-])cc2)C(=O)Nc2ccc(F)cc2F)cc1. The van der Waals surface area contributed by atoms with Crippen LogP contribution in [0.5, 0.6) is 0 Å². The summed E-state index contributed by atoms with van der Waals surface area (Å²) in [6, 6.07) is 14.8. The lowest BCUT2D eigenvalue weighted by molar-refractivity contribution is -0.384. The number of carbonyl (C=O) groups excluding carboxylic acids is 2. The molecular weight excluding hydrogens is 456 g/mol. The van der Waals surface area contributed by atoms with Crippen molar-refractivity contribution < 1.29 is 23.3 Å². The first-order chi connectivity index (χ1) is 16.4. The van der Waals surface area contributed by atoms with Crippen LogP contribution in [0.2, 0.25) is 0 Å². The van der Waals surface area contributed by atoms with Crippen molar-refractivity contribution in [3.8, 4) is 0 Å². The highest BCUT2D eigenvalue weighted by molar-refractivity contribution is 6.10. The molecule has 0 atom stereocenters. The Morgan fingerprint density at radius 3 is 2.11 bits per heavy atom. The minimum atomic E-state index is -0.989. The zero-order valence-corrected chi connectivity index (χ0v) is 19.3. The number of benzene rings is 3. The number of hydrogen-bond donors (Lipinski definition) is 2. The molecule has 3 aromatic carbocycles. The Bertz CT molecular complexity index is 1300. The normalized spacial score (nSPS) is 11.6. The van der Waals surface area contributed by atoms with Crippen molar-refractivity contribution in [3.05, 3.63) is 111 Å². The largest absolute Gasteiger partial charge is 0.318 e. The van der Waals surface area contributed by atoms with Gasteiger partial charge in [0.2, 0.25) is 0 Å². The van der Waals surface area contributed by atoms with E-state index < -0.39 is 28.4 Å². The highest BCUT2D eigenvalue weighted by Gasteiger charge is 2.18. The Balaban J connectivity index is 1.91. The van der Waals surface area contributed by atoms with E-state index in [0.29, 0.717) is 11.6 Å². The number of rotatable bonds is 6. The second-order valence-corrected chi connectivity index (χ2v) is 8.77. The average molecular weight is 479 g/mol. The Morgan fingerprint density at radius 2 is 1.57 bits per heavy atom. The van der Waals surface area contributed by atoms with Gasteiger partial charge in [0.15, 0.2) is 0 Å². The molecule has 7 nitrogen and oxygen atoms in total. The van der Waals surface area contributed by atoms with Crippen LogP contribution in [0.1, 0.15) is 42.3 Å². The van der Waals surface area contributed by atoms with Gasteiger partial charge in [-0.1, -0.05) is 32.9 Å². The molecule has 0 saturated carbocycles. The lowest BCUT2D eigenvalue weighted by Gasteiger charge is -2.19. The number of hydrogen-bond acceptors (Lipinski definition) is 4. The van der Waals surface area contributed by atoms with Gasteiger partial charge in [0.05, 0.1) is 10.6 Å². The molecular formula is C26H23F2N3O4. The predicted molar refractivity (Wildman–Crippen MR) is 129 cm³/mol. The minimum Gasteiger partial charge on any atom is -0.318 e. The number of non-ortho nitro benzene ring substituents is 1. The average Bonchev–Trinajstić information content (AvgIpc) is 2.80. The summed E-state index contributed by atoms with van der Waals surface area (Å²) in [6.45, 7) is 6.10. The molecule has 2 amide bonds. The van der Waals surface area contributed by atoms with E-state index in [1.165, 1.54) is 30.3 Å². The smallest absolute Gasteiger partial charge is 0.272 e. The fraction of sp³-hybridized carbons (Fsp3) is 0.154. The number of nitrogens with one attached hydrogen (secondary N) is 2. The number of nitro groups is 1. The van der Waals surface area contributed by atoms with Gasteiger partial charge >= 0.3 is 0 Å². The van der Waals surface area contributed by atoms with Crippen molar-refractivity contribution in [3.63, 3.8) is 0 Å². The van der Waals surface area contributed by atoms with Gasteiger partial charge in [0.1, 0.15) is 17.3 Å². The molecule has 0 aliphatic carbocycles. The lowest BCUT2D eigenvalue weighted by Crippen LogP contribution is -2.31. The molecule has 0 fully saturated rings. The number of anilines is 1. The van der Waals surface area contributed by atoms with Gasteiger partial charge < -0.3 is 10.6 Å². The number of halogens is 2. The summed E-state index contributed by atoms with van der Waals surface area (Å²) in [5, 5.41) is 15.7. The summed E-state index contributed by atoms with van der Waals surface area (Å²) in [4.78, 5) is 36.1. The van der Waals surface area contributed by atoms with Crippen LogP contribution in [-0.2, 0) is 10.2 Å². The molecule has 3 aromatic rings. The molecule has 3 rings (SSSR count). The number of nitrogens with zero attached hydrogens (tertiary/aromatic N) is 1. The maximum atomic E-state index is 14.1. The Labute approximate surface area is 200 Å². The van der Waals surface area contributed by atoms with Crippen molar-refractivity contribution in [1.29, 1.82) is 0 Å². The van der Waals surface area contributed by atoms with E-state index in [9.17, 15) is 28.5 Å². The Morgan fingerprint density at radius 1 is 0.943 bits per heavy atom. The van der Waals surface area contributed by atoms with Crippen LogP contribution in [-0.4, -0.2) is 16.7 Å². The topological polar surface area (TPSA) is 101 Å². The molecule has 0 aliphatic heterocycles. The summed E-state index contributed by atoms with van der Waals surface area (Å²) >= 11 is 0. The van der Waals surface area contributed by atoms with E-state index in [1.54, 1.807) is 12.1 Å². The van der Waals surface area contributed by atoms with Gasteiger partial charge in [0.25, 0.3) is 17.5 Å². The quantitative estimate of drug-likeness (QED) is 0.274. The molecule has 0 bridgehead atoms. The fourth-order valence-corrected chi connectivity index (χ4v) is 3.11. The van der Waals surface area contributed by atoms with E-state index >= 15 is 0 Å². The molecule has 0 radical (unpaired) electrons. The standard InChI is InChI=1S/C26H23F2N3O4/c1-26(2,3)18-8-6-17(7-9-18)24(32)30-23(14-16-4-11-20(12-5-16)31(34)35)25(33)29-22-13-10-19(27)15-21(22)28/h4-15H,1-3H3,(H,29,33)(H,30,32)/b23-14-. The minimum absolute atomic E-state index is 0.116. The second kappa shape index (κ2) is 10.3. The molecule has 0 aliphatic rings. The van der Waals surface area contributed by atoms with E-state index in [0.717, 1.165) is 17.7 Å². The van der Waals surface area contributed by atoms with Crippen LogP contribution in [0.25, 0.3) is 6.08 Å². The van der Waals surface area contributed by atoms with Crippen LogP contribution in [0, 0.1) is 21.7 Å². The molecule has 9 heteroatoms. The summed E-state index contributed by atoms with van der Waals surface area (Å²) in [5.41, 5.74) is 0.888. The van der Waals surface area contributed by atoms with E-state index in [-0.39, 0.29) is 28.1 Å². The molecule has 0 saturated heterocycles. The highest BCUT2D eigenvalue weighted by Crippen LogP contribution is 2.22. The van der Waals surface area contributed by atoms with Crippen molar-refractivity contribution >= 4 is 29.3 Å². The van der Waals surface area contributed by atoms with Crippen molar-refractivity contribution in [1.82, 2.24) is 5.32 Å². The first kappa shape index (κ1) is 25.2. The van der Waals surface area contributed by atoms with Gasteiger partial charge in [-0.25, -0.2) is 8.78 Å². The second-order valence-electron chi connectivity index (χ2n) is 8.77. The fourth-order valence-electron chi connectivity index (χ4n) is 3.11. The molecule has 180 valence electrons. The van der Waals surface area contributed by atoms with Crippen LogP contribution in [0.4, 0.5) is 20.2 Å². The monoisotopic (exact) mass is 479 g/mol. The predicted octanol–water partition coefficient (Wildman–Crippen LogP) is 5.58. The summed E-state index contributed by atoms with van der Waals surface area (Å²) in [6.07, 6.45) is 1.29. The third-order valence-corrected chi connectivity index (χ3v) is 5.10. The first-order valence-electron chi connectivity index (χ1n) is 10.6. The molecule has 35 heavy (non-hydrogen) atoms. The van der Waals surface area contributed by atoms with Crippen molar-refractivity contribution in [2.45, 2.75) is 26.2 Å². The zero-order chi connectivity index (χ0) is 25.8. The summed E-state index contributed by atoms with van der Waals surface area (Å²) < 4.78 is 27.3. The molecule has 0 aromatic heterocycles. The summed E-state index contributed by atoms with van der Waals surface area (Å²) in [7, 11) is 0. The summed E-state index contributed by atoms with van der Waals surface area (Å²) in [5.74, 6) is -3.26. The van der Waals surface area contributed by atoms with Gasteiger partial charge in [-0.3, -0.25) is 19.7 Å². The van der Waals surface area contributed by atoms with E-state index in [1.807, 2.05) is 32.9 Å². The van der Waals surface area contributed by atoms with Crippen LogP contribution < -0.4 is 10.6 Å². The van der Waals surface area contributed by atoms with Crippen molar-refractivity contribution in [2.24, 2.45) is 0 Å². The van der Waals surface area contributed by atoms with Gasteiger partial charge in [-0.2, -0.15) is 0 Å². The molecule has 0 unspecified atom stereocenters. The lowest BCUT2D eigenvalue weighted by atomic mass is 9.87. The maximum Gasteiger partial charge on any atom is 0.272 e. The Hall–Kier alpha value is -4.40.